The lowest BCUT2D eigenvalue weighted by molar-refractivity contribution is -0.118. The number of hydrogen-bond acceptors (Lipinski definition) is 5. The molecule has 1 aliphatic carbocycles. The Morgan fingerprint density at radius 3 is 2.68 bits per heavy atom. The van der Waals surface area contributed by atoms with E-state index >= 15 is 0 Å². The fraction of sp³-hybridized carbons (Fsp3) is 0.412. The minimum Gasteiger partial charge on any atom is -0.480 e. The van der Waals surface area contributed by atoms with Gasteiger partial charge in [0, 0.05) is 12.8 Å². The highest BCUT2D eigenvalue weighted by molar-refractivity contribution is 6.01. The number of aryl methyl sites for hydroxylation is 1. The van der Waals surface area contributed by atoms with Gasteiger partial charge in [0.2, 0.25) is 0 Å². The van der Waals surface area contributed by atoms with Crippen molar-refractivity contribution >= 4 is 5.78 Å². The van der Waals surface area contributed by atoms with Crippen LogP contribution in [-0.2, 0) is 9.53 Å². The Labute approximate surface area is 129 Å². The van der Waals surface area contributed by atoms with Gasteiger partial charge in [-0.15, -0.1) is 0 Å². The van der Waals surface area contributed by atoms with Gasteiger partial charge in [-0.25, -0.2) is 0 Å². The minimum atomic E-state index is -0.681. The second kappa shape index (κ2) is 4.77. The van der Waals surface area contributed by atoms with E-state index in [0.717, 1.165) is 5.76 Å². The number of Topliss-reactive ketones (excluding diaryl/α,β-unsaturated/α-hetero) is 1. The molecule has 3 rings (SSSR count). The van der Waals surface area contributed by atoms with Crippen LogP contribution in [0.4, 0.5) is 0 Å². The fourth-order valence-electron chi connectivity index (χ4n) is 3.06. The van der Waals surface area contributed by atoms with Gasteiger partial charge in [0.25, 0.3) is 0 Å². The largest absolute Gasteiger partial charge is 0.480 e. The Balaban J connectivity index is 2.10. The highest BCUT2D eigenvalue weighted by Crippen LogP contribution is 2.46. The number of rotatable bonds is 1. The number of nitriles is 1. The van der Waals surface area contributed by atoms with Gasteiger partial charge in [0.15, 0.2) is 11.9 Å². The molecule has 2 heterocycles. The second-order valence-corrected chi connectivity index (χ2v) is 6.62. The number of hydrogen-bond donors (Lipinski definition) is 1. The summed E-state index contributed by atoms with van der Waals surface area (Å²) in [5.74, 6) is 1.76. The van der Waals surface area contributed by atoms with Gasteiger partial charge in [-0.05, 0) is 24.5 Å². The van der Waals surface area contributed by atoms with Gasteiger partial charge in [-0.3, -0.25) is 4.79 Å². The molecule has 0 unspecified atom stereocenters. The Bertz CT molecular complexity index is 759. The summed E-state index contributed by atoms with van der Waals surface area (Å²) in [7, 11) is 0. The first-order valence-corrected chi connectivity index (χ1v) is 7.22. The van der Waals surface area contributed by atoms with Crippen molar-refractivity contribution in [3.05, 3.63) is 46.3 Å². The number of nitrogens with zero attached hydrogens (tertiary/aromatic N) is 1. The highest BCUT2D eigenvalue weighted by Gasteiger charge is 2.41. The average Bonchev–Trinajstić information content (AvgIpc) is 2.82. The molecule has 1 aromatic rings. The molecule has 5 nitrogen and oxygen atoms in total. The average molecular weight is 298 g/mol. The quantitative estimate of drug-likeness (QED) is 0.860. The molecule has 2 N–H and O–H groups in total. The normalized spacial score (nSPS) is 23.9. The van der Waals surface area contributed by atoms with Crippen LogP contribution in [0.25, 0.3) is 0 Å². The third-order valence-corrected chi connectivity index (χ3v) is 4.06. The zero-order valence-electron chi connectivity index (χ0n) is 12.9. The lowest BCUT2D eigenvalue weighted by Gasteiger charge is -2.36. The van der Waals surface area contributed by atoms with E-state index in [-0.39, 0.29) is 22.5 Å². The van der Waals surface area contributed by atoms with E-state index in [1.54, 1.807) is 6.07 Å². The lowest BCUT2D eigenvalue weighted by atomic mass is 9.74. The van der Waals surface area contributed by atoms with E-state index in [1.165, 1.54) is 0 Å². The molecule has 0 amide bonds. The smallest absolute Gasteiger partial charge is 0.192 e. The number of carbonyl (C=O) groups excluding carboxylic acids is 1. The summed E-state index contributed by atoms with van der Waals surface area (Å²) in [6.45, 7) is 5.86. The van der Waals surface area contributed by atoms with Crippen LogP contribution in [-0.4, -0.2) is 5.78 Å². The summed E-state index contributed by atoms with van der Waals surface area (Å²) in [6, 6.07) is 5.65. The van der Waals surface area contributed by atoms with Crippen LogP contribution in [0.2, 0.25) is 0 Å². The SMILES string of the molecule is Cc1ccc([C@@H]2OC3=C(C(=O)CC(C)(C)C3)C(N)=C2C#N)o1. The van der Waals surface area contributed by atoms with Crippen LogP contribution in [0.1, 0.15) is 44.3 Å². The van der Waals surface area contributed by atoms with Crippen molar-refractivity contribution in [2.75, 3.05) is 0 Å². The molecule has 5 heteroatoms. The molecule has 1 atom stereocenters. The van der Waals surface area contributed by atoms with Crippen molar-refractivity contribution in [3.8, 4) is 6.07 Å². The Hall–Kier alpha value is -2.48. The van der Waals surface area contributed by atoms with E-state index in [9.17, 15) is 10.1 Å². The first-order valence-electron chi connectivity index (χ1n) is 7.22. The molecule has 0 fully saturated rings. The van der Waals surface area contributed by atoms with Crippen LogP contribution < -0.4 is 5.73 Å². The van der Waals surface area contributed by atoms with Crippen molar-refractivity contribution in [2.45, 2.75) is 39.7 Å². The summed E-state index contributed by atoms with van der Waals surface area (Å²) < 4.78 is 11.6. The third-order valence-electron chi connectivity index (χ3n) is 4.06. The molecule has 0 radical (unpaired) electrons. The summed E-state index contributed by atoms with van der Waals surface area (Å²) in [5, 5.41) is 9.44. The van der Waals surface area contributed by atoms with Gasteiger partial charge in [-0.2, -0.15) is 5.26 Å². The Kier molecular flexibility index (Phi) is 3.13. The van der Waals surface area contributed by atoms with Crippen molar-refractivity contribution < 1.29 is 13.9 Å². The molecule has 1 aliphatic heterocycles. The second-order valence-electron chi connectivity index (χ2n) is 6.62. The van der Waals surface area contributed by atoms with Gasteiger partial charge < -0.3 is 14.9 Å². The molecule has 114 valence electrons. The van der Waals surface area contributed by atoms with Crippen molar-refractivity contribution in [1.29, 1.82) is 5.26 Å². The molecule has 0 aromatic carbocycles. The molecular formula is C17H18N2O3. The lowest BCUT2D eigenvalue weighted by Crippen LogP contribution is -2.33. The number of furan rings is 1. The summed E-state index contributed by atoms with van der Waals surface area (Å²) in [6.07, 6.45) is 0.335. The summed E-state index contributed by atoms with van der Waals surface area (Å²) >= 11 is 0. The topological polar surface area (TPSA) is 89.2 Å². The predicted octanol–water partition coefficient (Wildman–Crippen LogP) is 3.04. The summed E-state index contributed by atoms with van der Waals surface area (Å²) in [5.41, 5.74) is 6.77. The highest BCUT2D eigenvalue weighted by atomic mass is 16.5. The van der Waals surface area contributed by atoms with E-state index in [1.807, 2.05) is 26.8 Å². The number of nitrogens with two attached hydrogens (primary N) is 1. The first kappa shape index (κ1) is 14.5. The van der Waals surface area contributed by atoms with Crippen LogP contribution in [0, 0.1) is 23.7 Å². The molecule has 0 saturated heterocycles. The molecule has 0 spiro atoms. The molecular weight excluding hydrogens is 280 g/mol. The van der Waals surface area contributed by atoms with E-state index in [2.05, 4.69) is 6.07 Å². The van der Waals surface area contributed by atoms with Gasteiger partial charge >= 0.3 is 0 Å². The maximum Gasteiger partial charge on any atom is 0.192 e. The minimum absolute atomic E-state index is 0.0643. The van der Waals surface area contributed by atoms with Gasteiger partial charge in [-0.1, -0.05) is 13.8 Å². The van der Waals surface area contributed by atoms with Crippen molar-refractivity contribution in [3.63, 3.8) is 0 Å². The predicted molar refractivity (Wildman–Crippen MR) is 79.1 cm³/mol. The Morgan fingerprint density at radius 2 is 2.09 bits per heavy atom. The first-order chi connectivity index (χ1) is 10.3. The Morgan fingerprint density at radius 1 is 1.36 bits per heavy atom. The number of carbonyl (C=O) groups is 1. The molecule has 22 heavy (non-hydrogen) atoms. The van der Waals surface area contributed by atoms with Crippen molar-refractivity contribution in [1.82, 2.24) is 0 Å². The number of ketones is 1. The van der Waals surface area contributed by atoms with E-state index in [4.69, 9.17) is 14.9 Å². The molecule has 0 bridgehead atoms. The maximum atomic E-state index is 12.4. The maximum absolute atomic E-state index is 12.4. The van der Waals surface area contributed by atoms with Crippen LogP contribution in [0.5, 0.6) is 0 Å². The van der Waals surface area contributed by atoms with Gasteiger partial charge in [0.05, 0.1) is 11.3 Å². The monoisotopic (exact) mass is 298 g/mol. The molecule has 2 aliphatic rings. The fourth-order valence-corrected chi connectivity index (χ4v) is 3.06. The number of ether oxygens (including phenoxy) is 1. The van der Waals surface area contributed by atoms with Gasteiger partial charge in [0.1, 0.15) is 28.9 Å². The standard InChI is InChI=1S/C17H18N2O3/c1-9-4-5-12(21-9)16-10(8-18)15(19)14-11(20)6-17(2,3)7-13(14)22-16/h4-5,16H,6-7,19H2,1-3H3/t16-/m1/s1. The zero-order valence-corrected chi connectivity index (χ0v) is 12.9. The summed E-state index contributed by atoms with van der Waals surface area (Å²) in [4.78, 5) is 12.4. The molecule has 0 saturated carbocycles. The van der Waals surface area contributed by atoms with Crippen LogP contribution >= 0.6 is 0 Å². The zero-order chi connectivity index (χ0) is 16.1. The van der Waals surface area contributed by atoms with Crippen molar-refractivity contribution in [2.24, 2.45) is 11.1 Å². The van der Waals surface area contributed by atoms with Crippen LogP contribution in [0.15, 0.2) is 39.2 Å². The number of allylic oxidation sites excluding steroid dienone is 2. The van der Waals surface area contributed by atoms with E-state index in [0.29, 0.717) is 29.9 Å². The van der Waals surface area contributed by atoms with Crippen LogP contribution in [0.3, 0.4) is 0 Å². The van der Waals surface area contributed by atoms with E-state index < -0.39 is 6.10 Å². The third kappa shape index (κ3) is 2.21. The molecule has 1 aromatic heterocycles.